The van der Waals surface area contributed by atoms with Gasteiger partial charge >= 0.3 is 6.18 Å². The van der Waals surface area contributed by atoms with Crippen LogP contribution in [0, 0.1) is 0 Å². The molecule has 1 aliphatic heterocycles. The third kappa shape index (κ3) is 4.56. The zero-order valence-corrected chi connectivity index (χ0v) is 14.4. The Morgan fingerprint density at radius 3 is 2.38 bits per heavy atom. The summed E-state index contributed by atoms with van der Waals surface area (Å²) in [5.41, 5.74) is 1.16. The number of hydrogen-bond acceptors (Lipinski definition) is 2. The molecule has 0 saturated carbocycles. The van der Waals surface area contributed by atoms with Gasteiger partial charge in [-0.3, -0.25) is 4.79 Å². The minimum absolute atomic E-state index is 0.222. The summed E-state index contributed by atoms with van der Waals surface area (Å²) in [7, 11) is 0. The van der Waals surface area contributed by atoms with Crippen molar-refractivity contribution in [3.05, 3.63) is 59.7 Å². The van der Waals surface area contributed by atoms with E-state index in [0.717, 1.165) is 43.6 Å². The molecule has 0 aliphatic carbocycles. The number of halogens is 3. The molecule has 3 nitrogen and oxygen atoms in total. The maximum atomic E-state index is 13.1. The van der Waals surface area contributed by atoms with Crippen LogP contribution in [0.2, 0.25) is 0 Å². The van der Waals surface area contributed by atoms with E-state index < -0.39 is 11.7 Å². The van der Waals surface area contributed by atoms with Crippen molar-refractivity contribution in [3.63, 3.8) is 0 Å². The van der Waals surface area contributed by atoms with Gasteiger partial charge in [0.2, 0.25) is 5.91 Å². The molecule has 2 aromatic rings. The quantitative estimate of drug-likeness (QED) is 0.822. The molecule has 138 valence electrons. The van der Waals surface area contributed by atoms with E-state index in [1.54, 1.807) is 0 Å². The largest absolute Gasteiger partial charge is 0.416 e. The van der Waals surface area contributed by atoms with Gasteiger partial charge in [0, 0.05) is 19.5 Å². The normalized spacial score (nSPS) is 14.5. The predicted octanol–water partition coefficient (Wildman–Crippen LogP) is 4.88. The average molecular weight is 362 g/mol. The number of nitrogens with zero attached hydrogens (tertiary/aromatic N) is 1. The van der Waals surface area contributed by atoms with Gasteiger partial charge in [-0.2, -0.15) is 13.2 Å². The van der Waals surface area contributed by atoms with E-state index in [0.29, 0.717) is 12.1 Å². The van der Waals surface area contributed by atoms with Crippen molar-refractivity contribution in [1.29, 1.82) is 0 Å². The topological polar surface area (TPSA) is 32.3 Å². The van der Waals surface area contributed by atoms with E-state index in [4.69, 9.17) is 0 Å². The number of nitrogens with one attached hydrogen (secondary N) is 1. The van der Waals surface area contributed by atoms with Gasteiger partial charge in [-0.1, -0.05) is 30.3 Å². The Hall–Kier alpha value is -2.50. The zero-order chi connectivity index (χ0) is 18.6. The first-order valence-corrected chi connectivity index (χ1v) is 8.73. The number of hydrogen-bond donors (Lipinski definition) is 1. The smallest absolute Gasteiger partial charge is 0.370 e. The van der Waals surface area contributed by atoms with Crippen LogP contribution in [-0.2, 0) is 17.4 Å². The van der Waals surface area contributed by atoms with E-state index in [2.05, 4.69) is 5.32 Å². The van der Waals surface area contributed by atoms with Crippen LogP contribution < -0.4 is 10.2 Å². The third-order valence-electron chi connectivity index (χ3n) is 4.53. The van der Waals surface area contributed by atoms with Crippen molar-refractivity contribution in [3.8, 4) is 0 Å². The lowest BCUT2D eigenvalue weighted by Crippen LogP contribution is -2.22. The lowest BCUT2D eigenvalue weighted by molar-refractivity contribution is -0.137. The van der Waals surface area contributed by atoms with Gasteiger partial charge in [-0.05, 0) is 43.0 Å². The number of aryl methyl sites for hydroxylation is 1. The molecular weight excluding hydrogens is 341 g/mol. The first-order chi connectivity index (χ1) is 12.4. The number of anilines is 2. The number of rotatable bonds is 5. The predicted molar refractivity (Wildman–Crippen MR) is 96.3 cm³/mol. The number of carbonyl (C=O) groups is 1. The maximum Gasteiger partial charge on any atom is 0.416 e. The molecule has 0 atom stereocenters. The highest BCUT2D eigenvalue weighted by Gasteiger charge is 2.32. The summed E-state index contributed by atoms with van der Waals surface area (Å²) >= 11 is 0. The summed E-state index contributed by atoms with van der Waals surface area (Å²) in [4.78, 5) is 14.3. The Balaban J connectivity index is 1.76. The first-order valence-electron chi connectivity index (χ1n) is 8.73. The summed E-state index contributed by atoms with van der Waals surface area (Å²) in [6.07, 6.45) is -1.66. The second-order valence-electron chi connectivity index (χ2n) is 6.46. The number of benzene rings is 2. The molecule has 1 fully saturated rings. The second kappa shape index (κ2) is 7.81. The van der Waals surface area contributed by atoms with Crippen LogP contribution in [0.1, 0.15) is 30.4 Å². The van der Waals surface area contributed by atoms with Crippen LogP contribution >= 0.6 is 0 Å². The fourth-order valence-corrected chi connectivity index (χ4v) is 3.16. The van der Waals surface area contributed by atoms with E-state index >= 15 is 0 Å². The van der Waals surface area contributed by atoms with Gasteiger partial charge in [-0.15, -0.1) is 0 Å². The van der Waals surface area contributed by atoms with Crippen molar-refractivity contribution >= 4 is 17.3 Å². The molecule has 0 radical (unpaired) electrons. The minimum Gasteiger partial charge on any atom is -0.370 e. The third-order valence-corrected chi connectivity index (χ3v) is 4.53. The number of alkyl halides is 3. The van der Waals surface area contributed by atoms with Gasteiger partial charge in [0.25, 0.3) is 0 Å². The molecule has 1 saturated heterocycles. The molecule has 1 aliphatic rings. The fraction of sp³-hybridized carbons (Fsp3) is 0.350. The first kappa shape index (κ1) is 18.3. The SMILES string of the molecule is O=C(CCc1ccccc1)Nc1cc(C(F)(F)F)ccc1N1CCCC1. The van der Waals surface area contributed by atoms with Gasteiger partial charge in [0.15, 0.2) is 0 Å². The van der Waals surface area contributed by atoms with Crippen LogP contribution in [0.3, 0.4) is 0 Å². The lowest BCUT2D eigenvalue weighted by Gasteiger charge is -2.23. The number of carbonyl (C=O) groups excluding carboxylic acids is 1. The molecule has 0 bridgehead atoms. The summed E-state index contributed by atoms with van der Waals surface area (Å²) < 4.78 is 39.2. The Bertz CT molecular complexity index is 753. The molecule has 6 heteroatoms. The molecule has 0 spiro atoms. The molecule has 26 heavy (non-hydrogen) atoms. The Morgan fingerprint density at radius 2 is 1.73 bits per heavy atom. The molecule has 1 amide bonds. The molecule has 3 rings (SSSR count). The van der Waals surface area contributed by atoms with Crippen LogP contribution in [-0.4, -0.2) is 19.0 Å². The standard InChI is InChI=1S/C20H21F3N2O/c21-20(22,23)16-9-10-18(25-12-4-5-13-25)17(14-16)24-19(26)11-8-15-6-2-1-3-7-15/h1-3,6-7,9-10,14H,4-5,8,11-13H2,(H,24,26). The van der Waals surface area contributed by atoms with Crippen molar-refractivity contribution in [2.75, 3.05) is 23.3 Å². The summed E-state index contributed by atoms with van der Waals surface area (Å²) in [5, 5.41) is 2.69. The fourth-order valence-electron chi connectivity index (χ4n) is 3.16. The van der Waals surface area contributed by atoms with Gasteiger partial charge in [0.05, 0.1) is 16.9 Å². The van der Waals surface area contributed by atoms with Crippen LogP contribution in [0.15, 0.2) is 48.5 Å². The Kier molecular flexibility index (Phi) is 5.49. The molecule has 2 aromatic carbocycles. The summed E-state index contributed by atoms with van der Waals surface area (Å²) in [6, 6.07) is 13.1. The van der Waals surface area contributed by atoms with Crippen LogP contribution in [0.25, 0.3) is 0 Å². The molecular formula is C20H21F3N2O. The van der Waals surface area contributed by atoms with Crippen molar-refractivity contribution in [2.45, 2.75) is 31.9 Å². The number of amides is 1. The van der Waals surface area contributed by atoms with E-state index in [-0.39, 0.29) is 18.0 Å². The van der Waals surface area contributed by atoms with Crippen molar-refractivity contribution < 1.29 is 18.0 Å². The monoisotopic (exact) mass is 362 g/mol. The highest BCUT2D eigenvalue weighted by Crippen LogP contribution is 2.36. The van der Waals surface area contributed by atoms with Gasteiger partial charge in [-0.25, -0.2) is 0 Å². The van der Waals surface area contributed by atoms with E-state index in [9.17, 15) is 18.0 Å². The van der Waals surface area contributed by atoms with Gasteiger partial charge in [0.1, 0.15) is 0 Å². The minimum atomic E-state index is -4.44. The average Bonchev–Trinajstić information content (AvgIpc) is 3.14. The summed E-state index contributed by atoms with van der Waals surface area (Å²) in [5.74, 6) is -0.284. The van der Waals surface area contributed by atoms with Crippen molar-refractivity contribution in [2.24, 2.45) is 0 Å². The van der Waals surface area contributed by atoms with E-state index in [1.165, 1.54) is 6.07 Å². The molecule has 1 heterocycles. The van der Waals surface area contributed by atoms with E-state index in [1.807, 2.05) is 35.2 Å². The Labute approximate surface area is 150 Å². The Morgan fingerprint density at radius 1 is 1.04 bits per heavy atom. The highest BCUT2D eigenvalue weighted by molar-refractivity contribution is 5.94. The molecule has 0 aromatic heterocycles. The van der Waals surface area contributed by atoms with Crippen LogP contribution in [0.5, 0.6) is 0 Å². The maximum absolute atomic E-state index is 13.1. The second-order valence-corrected chi connectivity index (χ2v) is 6.46. The summed E-state index contributed by atoms with van der Waals surface area (Å²) in [6.45, 7) is 1.58. The highest BCUT2D eigenvalue weighted by atomic mass is 19.4. The molecule has 1 N–H and O–H groups in total. The van der Waals surface area contributed by atoms with Crippen LogP contribution in [0.4, 0.5) is 24.5 Å². The zero-order valence-electron chi connectivity index (χ0n) is 14.4. The van der Waals surface area contributed by atoms with Gasteiger partial charge < -0.3 is 10.2 Å². The van der Waals surface area contributed by atoms with Crippen molar-refractivity contribution in [1.82, 2.24) is 0 Å². The molecule has 0 unspecified atom stereocenters. The lowest BCUT2D eigenvalue weighted by atomic mass is 10.1.